The van der Waals surface area contributed by atoms with E-state index >= 15 is 0 Å². The van der Waals surface area contributed by atoms with Gasteiger partial charge in [-0.3, -0.25) is 0 Å². The molecule has 0 aliphatic carbocycles. The van der Waals surface area contributed by atoms with E-state index in [1.807, 2.05) is 37.3 Å². The summed E-state index contributed by atoms with van der Waals surface area (Å²) < 4.78 is 0. The maximum atomic E-state index is 9.96. The van der Waals surface area contributed by atoms with Gasteiger partial charge in [0, 0.05) is 12.4 Å². The molecular formula is C11H13KO2. The summed E-state index contributed by atoms with van der Waals surface area (Å²) in [5.74, 6) is -1.06. The summed E-state index contributed by atoms with van der Waals surface area (Å²) >= 11 is 0. The Morgan fingerprint density at radius 2 is 1.57 bits per heavy atom. The summed E-state index contributed by atoms with van der Waals surface area (Å²) in [6.07, 6.45) is 14.4. The average Bonchev–Trinajstić information content (AvgIpc) is 2.09. The van der Waals surface area contributed by atoms with Crippen molar-refractivity contribution in [1.29, 1.82) is 0 Å². The van der Waals surface area contributed by atoms with Crippen LogP contribution in [0.5, 0.6) is 0 Å². The minimum atomic E-state index is -1.06. The van der Waals surface area contributed by atoms with Crippen molar-refractivity contribution in [1.82, 2.24) is 0 Å². The number of aliphatic carboxylic acids is 1. The molecule has 0 saturated carbocycles. The minimum absolute atomic E-state index is 0. The Labute approximate surface area is 128 Å². The van der Waals surface area contributed by atoms with Crippen molar-refractivity contribution >= 4 is 5.97 Å². The van der Waals surface area contributed by atoms with Crippen molar-refractivity contribution < 1.29 is 61.3 Å². The third-order valence-corrected chi connectivity index (χ3v) is 1.17. The molecule has 0 N–H and O–H groups in total. The van der Waals surface area contributed by atoms with Crippen LogP contribution in [-0.4, -0.2) is 5.97 Å². The molecule has 3 heteroatoms. The molecule has 0 aromatic heterocycles. The molecule has 0 atom stereocenters. The Hall–Kier alpha value is 0.0664. The van der Waals surface area contributed by atoms with Crippen molar-refractivity contribution in [2.75, 3.05) is 0 Å². The van der Waals surface area contributed by atoms with Crippen molar-refractivity contribution in [3.8, 4) is 0 Å². The normalized spacial score (nSPS) is 11.8. The minimum Gasteiger partial charge on any atom is -0.550 e. The Morgan fingerprint density at radius 1 is 1.07 bits per heavy atom. The first-order valence-electron chi connectivity index (χ1n) is 4.08. The van der Waals surface area contributed by atoms with Crippen molar-refractivity contribution in [3.63, 3.8) is 0 Å². The molecule has 14 heavy (non-hydrogen) atoms. The van der Waals surface area contributed by atoms with E-state index in [0.29, 0.717) is 0 Å². The van der Waals surface area contributed by atoms with Gasteiger partial charge in [-0.05, 0) is 6.92 Å². The van der Waals surface area contributed by atoms with Crippen molar-refractivity contribution in [3.05, 3.63) is 48.6 Å². The number of carbonyl (C=O) groups excluding carboxylic acids is 1. The molecule has 0 fully saturated rings. The summed E-state index contributed by atoms with van der Waals surface area (Å²) in [6.45, 7) is 1.94. The van der Waals surface area contributed by atoms with E-state index in [-0.39, 0.29) is 57.8 Å². The number of allylic oxidation sites excluding steroid dienone is 7. The van der Waals surface area contributed by atoms with E-state index in [0.717, 1.165) is 0 Å². The summed E-state index contributed by atoms with van der Waals surface area (Å²) in [5, 5.41) is 9.96. The van der Waals surface area contributed by atoms with Crippen molar-refractivity contribution in [2.24, 2.45) is 0 Å². The van der Waals surface area contributed by atoms with Gasteiger partial charge in [-0.15, -0.1) is 0 Å². The van der Waals surface area contributed by atoms with E-state index in [4.69, 9.17) is 0 Å². The molecule has 2 nitrogen and oxygen atoms in total. The summed E-state index contributed by atoms with van der Waals surface area (Å²) in [5.41, 5.74) is 0. The maximum Gasteiger partial charge on any atom is 1.00 e. The van der Waals surface area contributed by atoms with Crippen LogP contribution in [0, 0.1) is 0 Å². The Bertz CT molecular complexity index is 250. The zero-order chi connectivity index (χ0) is 9.94. The number of carbonyl (C=O) groups is 1. The van der Waals surface area contributed by atoms with Gasteiger partial charge in [0.05, 0.1) is 0 Å². The number of hydrogen-bond donors (Lipinski definition) is 0. The molecule has 0 spiro atoms. The average molecular weight is 216 g/mol. The van der Waals surface area contributed by atoms with Crippen LogP contribution < -0.4 is 56.5 Å². The van der Waals surface area contributed by atoms with E-state index in [2.05, 4.69) is 0 Å². The zero-order valence-electron chi connectivity index (χ0n) is 8.64. The van der Waals surface area contributed by atoms with Gasteiger partial charge >= 0.3 is 51.4 Å². The topological polar surface area (TPSA) is 40.1 Å². The van der Waals surface area contributed by atoms with E-state index in [1.54, 1.807) is 12.2 Å². The predicted octanol–water partition coefficient (Wildman–Crippen LogP) is -1.62. The molecule has 0 unspecified atom stereocenters. The fraction of sp³-hybridized carbons (Fsp3) is 0.182. The van der Waals surface area contributed by atoms with Gasteiger partial charge in [-0.2, -0.15) is 0 Å². The summed E-state index contributed by atoms with van der Waals surface area (Å²) in [4.78, 5) is 9.96. The third-order valence-electron chi connectivity index (χ3n) is 1.17. The van der Waals surface area contributed by atoms with Crippen molar-refractivity contribution in [2.45, 2.75) is 13.3 Å². The molecule has 0 saturated heterocycles. The molecule has 0 aromatic rings. The van der Waals surface area contributed by atoms with Gasteiger partial charge in [0.25, 0.3) is 0 Å². The van der Waals surface area contributed by atoms with Gasteiger partial charge in [0.1, 0.15) is 0 Å². The largest absolute Gasteiger partial charge is 1.00 e. The van der Waals surface area contributed by atoms with Crippen LogP contribution in [0.4, 0.5) is 0 Å². The molecule has 0 radical (unpaired) electrons. The van der Waals surface area contributed by atoms with Crippen LogP contribution in [0.25, 0.3) is 0 Å². The van der Waals surface area contributed by atoms with E-state index in [1.165, 1.54) is 6.08 Å². The number of hydrogen-bond acceptors (Lipinski definition) is 2. The molecule has 0 heterocycles. The first-order chi connectivity index (χ1) is 6.27. The van der Waals surface area contributed by atoms with Gasteiger partial charge < -0.3 is 9.90 Å². The number of carboxylic acids is 1. The van der Waals surface area contributed by atoms with Crippen LogP contribution >= 0.6 is 0 Å². The van der Waals surface area contributed by atoms with E-state index < -0.39 is 5.97 Å². The summed E-state index contributed by atoms with van der Waals surface area (Å²) in [7, 11) is 0. The molecule has 0 aromatic carbocycles. The molecule has 70 valence electrons. The fourth-order valence-corrected chi connectivity index (χ4v) is 0.611. The van der Waals surface area contributed by atoms with E-state index in [9.17, 15) is 9.90 Å². The predicted molar refractivity (Wildman–Crippen MR) is 51.9 cm³/mol. The first kappa shape index (κ1) is 16.5. The Morgan fingerprint density at radius 3 is 2.07 bits per heavy atom. The smallest absolute Gasteiger partial charge is 0.550 e. The van der Waals surface area contributed by atoms with Crippen LogP contribution in [0.3, 0.4) is 0 Å². The van der Waals surface area contributed by atoms with Crippen LogP contribution in [-0.2, 0) is 4.79 Å². The Balaban J connectivity index is 0. The van der Waals surface area contributed by atoms with Gasteiger partial charge in [0.15, 0.2) is 0 Å². The molecule has 0 bridgehead atoms. The fourth-order valence-electron chi connectivity index (χ4n) is 0.611. The summed E-state index contributed by atoms with van der Waals surface area (Å²) in [6, 6.07) is 0. The van der Waals surface area contributed by atoms with Gasteiger partial charge in [-0.1, -0.05) is 48.6 Å². The maximum absolute atomic E-state index is 9.96. The second kappa shape index (κ2) is 13.1. The SMILES string of the molecule is C/C=C/C=C/C=C/C=C/CC(=O)[O-].[K+]. The quantitative estimate of drug-likeness (QED) is 0.409. The van der Waals surface area contributed by atoms with Crippen LogP contribution in [0.2, 0.25) is 0 Å². The van der Waals surface area contributed by atoms with Crippen LogP contribution in [0.15, 0.2) is 48.6 Å². The molecule has 0 amide bonds. The Kier molecular flexibility index (Phi) is 15.4. The second-order valence-corrected chi connectivity index (χ2v) is 2.30. The zero-order valence-corrected chi connectivity index (χ0v) is 11.8. The first-order valence-corrected chi connectivity index (χ1v) is 4.08. The number of rotatable bonds is 5. The second-order valence-electron chi connectivity index (χ2n) is 2.30. The molecule has 0 aliphatic rings. The third kappa shape index (κ3) is 14.6. The van der Waals surface area contributed by atoms with Gasteiger partial charge in [0.2, 0.25) is 0 Å². The van der Waals surface area contributed by atoms with Crippen LogP contribution in [0.1, 0.15) is 13.3 Å². The van der Waals surface area contributed by atoms with Gasteiger partial charge in [-0.25, -0.2) is 0 Å². The standard InChI is InChI=1S/C11H14O2.K/c1-2-3-4-5-6-7-8-9-10-11(12)13;/h2-9H,10H2,1H3,(H,12,13);/q;+1/p-1/b3-2+,5-4+,7-6+,9-8+;. The molecular weight excluding hydrogens is 203 g/mol. The molecule has 0 aliphatic heterocycles. The number of carboxylic acid groups (broad SMARTS) is 1. The monoisotopic (exact) mass is 216 g/mol. The molecule has 0 rings (SSSR count).